The molecule has 2 nitrogen and oxygen atoms in total. The molecule has 0 saturated heterocycles. The molecule has 2 rings (SSSR count). The first-order valence-corrected chi connectivity index (χ1v) is 5.67. The number of para-hydroxylation sites is 1. The third-order valence-corrected chi connectivity index (χ3v) is 3.00. The van der Waals surface area contributed by atoms with Crippen molar-refractivity contribution in [2.45, 2.75) is 25.8 Å². The third-order valence-electron chi connectivity index (χ3n) is 3.00. The van der Waals surface area contributed by atoms with Gasteiger partial charge in [0.2, 0.25) is 0 Å². The number of hydrogen-bond donors (Lipinski definition) is 2. The number of hydrogen-bond acceptors (Lipinski definition) is 1. The fraction of sp³-hybridized carbons (Fsp3) is 0.286. The van der Waals surface area contributed by atoms with Crippen LogP contribution in [0.4, 0.5) is 0 Å². The van der Waals surface area contributed by atoms with Crippen molar-refractivity contribution >= 4 is 23.3 Å². The van der Waals surface area contributed by atoms with Gasteiger partial charge >= 0.3 is 0 Å². The summed E-state index contributed by atoms with van der Waals surface area (Å²) in [6.45, 7) is 5.82. The van der Waals surface area contributed by atoms with E-state index in [2.05, 4.69) is 36.7 Å². The predicted octanol–water partition coefficient (Wildman–Crippen LogP) is 3.86. The lowest BCUT2D eigenvalue weighted by Crippen LogP contribution is -2.10. The van der Waals surface area contributed by atoms with Crippen LogP contribution in [0.15, 0.2) is 36.9 Å². The molecule has 1 aromatic heterocycles. The number of fused-ring (bicyclic) bond motifs is 1. The second-order valence-electron chi connectivity index (χ2n) is 4.18. The molecule has 1 heterocycles. The van der Waals surface area contributed by atoms with Crippen LogP contribution in [0.25, 0.3) is 10.9 Å². The minimum Gasteiger partial charge on any atom is -0.358 e. The molecular formula is C14H19ClN2. The van der Waals surface area contributed by atoms with Crippen LogP contribution in [0.3, 0.4) is 0 Å². The fourth-order valence-corrected chi connectivity index (χ4v) is 2.22. The van der Waals surface area contributed by atoms with Crippen LogP contribution in [0.5, 0.6) is 0 Å². The summed E-state index contributed by atoms with van der Waals surface area (Å²) in [6, 6.07) is 8.40. The first-order chi connectivity index (χ1) is 7.74. The molecule has 3 heteroatoms. The van der Waals surface area contributed by atoms with Crippen LogP contribution >= 0.6 is 12.4 Å². The lowest BCUT2D eigenvalue weighted by atomic mass is 10.00. The number of halogens is 1. The highest BCUT2D eigenvalue weighted by atomic mass is 35.5. The molecule has 1 aromatic carbocycles. The average molecular weight is 251 g/mol. The molecule has 0 unspecified atom stereocenters. The highest BCUT2D eigenvalue weighted by molar-refractivity contribution is 5.85. The van der Waals surface area contributed by atoms with E-state index in [0.29, 0.717) is 0 Å². The Morgan fingerprint density at radius 1 is 1.41 bits per heavy atom. The minimum atomic E-state index is 0. The van der Waals surface area contributed by atoms with Crippen molar-refractivity contribution in [3.63, 3.8) is 0 Å². The molecule has 3 N–H and O–H groups in total. The number of aromatic nitrogens is 1. The number of rotatable bonds is 4. The second-order valence-corrected chi connectivity index (χ2v) is 4.18. The van der Waals surface area contributed by atoms with E-state index in [1.54, 1.807) is 0 Å². The summed E-state index contributed by atoms with van der Waals surface area (Å²) in [5.74, 6) is 0. The molecule has 0 amide bonds. The zero-order chi connectivity index (χ0) is 11.5. The van der Waals surface area contributed by atoms with E-state index < -0.39 is 0 Å². The van der Waals surface area contributed by atoms with Gasteiger partial charge in [-0.25, -0.2) is 0 Å². The van der Waals surface area contributed by atoms with Crippen molar-refractivity contribution in [1.82, 2.24) is 4.98 Å². The quantitative estimate of drug-likeness (QED) is 0.795. The maximum atomic E-state index is 6.22. The maximum absolute atomic E-state index is 6.22. The second kappa shape index (κ2) is 5.89. The number of aryl methyl sites for hydroxylation is 1. The van der Waals surface area contributed by atoms with Crippen molar-refractivity contribution in [2.75, 3.05) is 0 Å². The molecule has 1 atom stereocenters. The van der Waals surface area contributed by atoms with Gasteiger partial charge in [-0.15, -0.1) is 19.0 Å². The first kappa shape index (κ1) is 13.8. The number of nitrogens with two attached hydrogens (primary N) is 1. The third kappa shape index (κ3) is 2.71. The summed E-state index contributed by atoms with van der Waals surface area (Å²) in [7, 11) is 0. The topological polar surface area (TPSA) is 41.8 Å². The van der Waals surface area contributed by atoms with E-state index in [0.717, 1.165) is 12.8 Å². The highest BCUT2D eigenvalue weighted by Gasteiger charge is 2.14. The Labute approximate surface area is 108 Å². The lowest BCUT2D eigenvalue weighted by Gasteiger charge is -2.10. The van der Waals surface area contributed by atoms with E-state index >= 15 is 0 Å². The number of allylic oxidation sites excluding steroid dienone is 1. The van der Waals surface area contributed by atoms with E-state index in [-0.39, 0.29) is 18.4 Å². The molecule has 17 heavy (non-hydrogen) atoms. The molecule has 2 aromatic rings. The molecule has 0 aliphatic heterocycles. The molecule has 0 saturated carbocycles. The molecule has 92 valence electrons. The van der Waals surface area contributed by atoms with Crippen molar-refractivity contribution < 1.29 is 0 Å². The normalized spacial score (nSPS) is 12.1. The van der Waals surface area contributed by atoms with Gasteiger partial charge in [0.15, 0.2) is 0 Å². The Kier molecular flexibility index (Phi) is 4.79. The van der Waals surface area contributed by atoms with E-state index in [4.69, 9.17) is 5.73 Å². The number of nitrogens with one attached hydrogen (secondary N) is 1. The summed E-state index contributed by atoms with van der Waals surface area (Å²) in [5.41, 5.74) is 9.82. The number of aromatic amines is 1. The van der Waals surface area contributed by atoms with Gasteiger partial charge in [-0.3, -0.25) is 0 Å². The monoisotopic (exact) mass is 250 g/mol. The zero-order valence-corrected chi connectivity index (χ0v) is 10.9. The molecule has 0 spiro atoms. The Balaban J connectivity index is 0.00000144. The van der Waals surface area contributed by atoms with Crippen LogP contribution in [-0.4, -0.2) is 4.98 Å². The Bertz CT molecular complexity index is 502. The van der Waals surface area contributed by atoms with Gasteiger partial charge in [-0.05, 0) is 31.4 Å². The minimum absolute atomic E-state index is 0. The lowest BCUT2D eigenvalue weighted by molar-refractivity contribution is 0.662. The van der Waals surface area contributed by atoms with Gasteiger partial charge in [0.1, 0.15) is 0 Å². The summed E-state index contributed by atoms with van der Waals surface area (Å²) >= 11 is 0. The molecular weight excluding hydrogens is 232 g/mol. The summed E-state index contributed by atoms with van der Waals surface area (Å²) < 4.78 is 0. The molecule has 0 bridgehead atoms. The van der Waals surface area contributed by atoms with E-state index in [1.165, 1.54) is 22.2 Å². The summed E-state index contributed by atoms with van der Waals surface area (Å²) in [6.07, 6.45) is 3.83. The maximum Gasteiger partial charge on any atom is 0.0459 e. The van der Waals surface area contributed by atoms with Gasteiger partial charge in [-0.1, -0.05) is 24.3 Å². The van der Waals surface area contributed by atoms with Gasteiger partial charge in [0, 0.05) is 22.6 Å². The largest absolute Gasteiger partial charge is 0.358 e. The number of benzene rings is 1. The molecule has 0 fully saturated rings. The van der Waals surface area contributed by atoms with E-state index in [9.17, 15) is 0 Å². The Hall–Kier alpha value is -1.25. The SMILES string of the molecule is C=CCC[C@@H](N)c1c(C)[nH]c2ccccc12.Cl. The van der Waals surface area contributed by atoms with Crippen LogP contribution in [0, 0.1) is 6.92 Å². The Morgan fingerprint density at radius 2 is 2.12 bits per heavy atom. The summed E-state index contributed by atoms with van der Waals surface area (Å²) in [5, 5.41) is 1.25. The smallest absolute Gasteiger partial charge is 0.0459 e. The predicted molar refractivity (Wildman–Crippen MR) is 76.6 cm³/mol. The molecule has 0 radical (unpaired) electrons. The summed E-state index contributed by atoms with van der Waals surface area (Å²) in [4.78, 5) is 3.38. The zero-order valence-electron chi connectivity index (χ0n) is 10.1. The van der Waals surface area contributed by atoms with E-state index in [1.807, 2.05) is 12.1 Å². The van der Waals surface area contributed by atoms with Crippen LogP contribution < -0.4 is 5.73 Å². The van der Waals surface area contributed by atoms with Crippen molar-refractivity contribution in [3.05, 3.63) is 48.2 Å². The number of H-pyrrole nitrogens is 1. The van der Waals surface area contributed by atoms with Crippen molar-refractivity contribution in [2.24, 2.45) is 5.73 Å². The van der Waals surface area contributed by atoms with Gasteiger partial charge in [0.25, 0.3) is 0 Å². The fourth-order valence-electron chi connectivity index (χ4n) is 2.22. The average Bonchev–Trinajstić information content (AvgIpc) is 2.62. The van der Waals surface area contributed by atoms with Gasteiger partial charge < -0.3 is 10.7 Å². The highest BCUT2D eigenvalue weighted by Crippen LogP contribution is 2.28. The Morgan fingerprint density at radius 3 is 2.82 bits per heavy atom. The standard InChI is InChI=1S/C14H18N2.ClH/c1-3-4-8-12(15)14-10(2)16-13-9-6-5-7-11(13)14;/h3,5-7,9,12,16H,1,4,8,15H2,2H3;1H/t12-;/m1./s1. The van der Waals surface area contributed by atoms with Crippen LogP contribution in [0.2, 0.25) is 0 Å². The van der Waals surface area contributed by atoms with Crippen molar-refractivity contribution in [3.8, 4) is 0 Å². The molecule has 0 aliphatic carbocycles. The first-order valence-electron chi connectivity index (χ1n) is 5.67. The molecule has 0 aliphatic rings. The van der Waals surface area contributed by atoms with Gasteiger partial charge in [-0.2, -0.15) is 0 Å². The van der Waals surface area contributed by atoms with Gasteiger partial charge in [0.05, 0.1) is 0 Å². The van der Waals surface area contributed by atoms with Crippen LogP contribution in [0.1, 0.15) is 30.1 Å². The van der Waals surface area contributed by atoms with Crippen molar-refractivity contribution in [1.29, 1.82) is 0 Å². The van der Waals surface area contributed by atoms with Crippen LogP contribution in [-0.2, 0) is 0 Å².